The van der Waals surface area contributed by atoms with Gasteiger partial charge in [0.05, 0.1) is 17.9 Å². The molecule has 1 aliphatic heterocycles. The van der Waals surface area contributed by atoms with Crippen molar-refractivity contribution in [2.75, 3.05) is 37.4 Å². The molecule has 0 aliphatic carbocycles. The molecule has 0 saturated carbocycles. The molecule has 0 spiro atoms. The number of fused-ring (bicyclic) bond motifs is 1. The van der Waals surface area contributed by atoms with Crippen molar-refractivity contribution in [1.82, 2.24) is 29.2 Å². The van der Waals surface area contributed by atoms with Crippen molar-refractivity contribution < 1.29 is 9.50 Å². The predicted octanol–water partition coefficient (Wildman–Crippen LogP) is 3.80. The average Bonchev–Trinajstić information content (AvgIpc) is 3.19. The van der Waals surface area contributed by atoms with E-state index in [2.05, 4.69) is 50.7 Å². The van der Waals surface area contributed by atoms with Crippen molar-refractivity contribution in [2.45, 2.75) is 44.9 Å². The van der Waals surface area contributed by atoms with Crippen molar-refractivity contribution in [3.8, 4) is 5.82 Å². The van der Waals surface area contributed by atoms with Gasteiger partial charge in [-0.25, -0.2) is 23.7 Å². The van der Waals surface area contributed by atoms with Gasteiger partial charge in [0.25, 0.3) is 5.56 Å². The summed E-state index contributed by atoms with van der Waals surface area (Å²) < 4.78 is 18.2. The zero-order valence-electron chi connectivity index (χ0n) is 23.3. The molecule has 5 rings (SSSR count). The largest absolute Gasteiger partial charge is 0.384 e. The number of hydrogen-bond donors (Lipinski definition) is 2. The highest BCUT2D eigenvalue weighted by Gasteiger charge is 2.24. The van der Waals surface area contributed by atoms with Crippen LogP contribution >= 0.6 is 0 Å². The van der Waals surface area contributed by atoms with Crippen LogP contribution in [0.2, 0.25) is 0 Å². The summed E-state index contributed by atoms with van der Waals surface area (Å²) in [4.78, 5) is 31.1. The summed E-state index contributed by atoms with van der Waals surface area (Å²) >= 11 is 0. The molecular weight excluding hydrogens is 511 g/mol. The zero-order valence-corrected chi connectivity index (χ0v) is 23.3. The Morgan fingerprint density at radius 3 is 2.60 bits per heavy atom. The molecule has 210 valence electrons. The molecule has 1 fully saturated rings. The molecule has 0 unspecified atom stereocenters. The Morgan fingerprint density at radius 2 is 1.95 bits per heavy atom. The van der Waals surface area contributed by atoms with Crippen LogP contribution in [0.3, 0.4) is 0 Å². The summed E-state index contributed by atoms with van der Waals surface area (Å²) in [6.45, 7) is 8.87. The van der Waals surface area contributed by atoms with Gasteiger partial charge in [0.1, 0.15) is 16.8 Å². The highest BCUT2D eigenvalue weighted by molar-refractivity contribution is 5.77. The molecule has 0 amide bonds. The van der Waals surface area contributed by atoms with Crippen LogP contribution in [0.5, 0.6) is 0 Å². The topological polar surface area (TPSA) is 104 Å². The minimum Gasteiger partial charge on any atom is -0.384 e. The van der Waals surface area contributed by atoms with Crippen LogP contribution in [-0.2, 0) is 12.1 Å². The predicted molar refractivity (Wildman–Crippen MR) is 155 cm³/mol. The Hall–Kier alpha value is -4.09. The van der Waals surface area contributed by atoms with E-state index in [1.807, 2.05) is 0 Å². The lowest BCUT2D eigenvalue weighted by Crippen LogP contribution is -2.42. The lowest BCUT2D eigenvalue weighted by Gasteiger charge is -2.36. The van der Waals surface area contributed by atoms with E-state index in [9.17, 15) is 9.90 Å². The second-order valence-electron chi connectivity index (χ2n) is 10.8. The molecule has 40 heavy (non-hydrogen) atoms. The third-order valence-corrected chi connectivity index (χ3v) is 7.30. The van der Waals surface area contributed by atoms with Crippen LogP contribution < -0.4 is 15.8 Å². The fourth-order valence-corrected chi connectivity index (χ4v) is 5.08. The van der Waals surface area contributed by atoms with Crippen molar-refractivity contribution in [1.29, 1.82) is 0 Å². The number of allylic oxidation sites excluding steroid dienone is 1. The summed E-state index contributed by atoms with van der Waals surface area (Å²) in [5, 5.41) is 13.9. The van der Waals surface area contributed by atoms with E-state index in [1.165, 1.54) is 16.9 Å². The van der Waals surface area contributed by atoms with Gasteiger partial charge >= 0.3 is 0 Å². The number of benzene rings is 1. The van der Waals surface area contributed by atoms with Gasteiger partial charge in [-0.3, -0.25) is 4.79 Å². The number of nitrogens with zero attached hydrogens (tertiary/aromatic N) is 7. The standard InChI is InChI=1S/C29H35FN8O2/c1-6-14-37-27(39)21-18-31-28(34-26(21)38(37)25-9-7-8-24(33-25)29(2,3)40)32-19-10-11-23(22(30)17-19)36-15-12-20(13-16-36)35(4)5/h6-11,17-18,20,40H,1,12-16H2,2-5H3,(H,31,32,34). The first-order valence-corrected chi connectivity index (χ1v) is 13.3. The molecule has 0 atom stereocenters. The number of nitrogens with one attached hydrogen (secondary N) is 1. The molecule has 4 heterocycles. The van der Waals surface area contributed by atoms with Gasteiger partial charge in [-0.2, -0.15) is 4.98 Å². The fourth-order valence-electron chi connectivity index (χ4n) is 5.08. The third-order valence-electron chi connectivity index (χ3n) is 7.30. The number of aliphatic hydroxyl groups is 1. The Kier molecular flexibility index (Phi) is 7.43. The molecule has 1 aromatic carbocycles. The van der Waals surface area contributed by atoms with E-state index >= 15 is 4.39 Å². The van der Waals surface area contributed by atoms with Crippen molar-refractivity contribution in [3.63, 3.8) is 0 Å². The first-order chi connectivity index (χ1) is 19.1. The second kappa shape index (κ2) is 10.8. The Morgan fingerprint density at radius 1 is 1.20 bits per heavy atom. The van der Waals surface area contributed by atoms with E-state index in [1.54, 1.807) is 54.9 Å². The Labute approximate surface area is 232 Å². The third kappa shape index (κ3) is 5.34. The second-order valence-corrected chi connectivity index (χ2v) is 10.8. The summed E-state index contributed by atoms with van der Waals surface area (Å²) in [7, 11) is 4.16. The molecular formula is C29H35FN8O2. The van der Waals surface area contributed by atoms with E-state index in [4.69, 9.17) is 0 Å². The summed E-state index contributed by atoms with van der Waals surface area (Å²) in [6, 6.07) is 10.7. The molecule has 2 N–H and O–H groups in total. The highest BCUT2D eigenvalue weighted by atomic mass is 19.1. The fraction of sp³-hybridized carbons (Fsp3) is 0.379. The van der Waals surface area contributed by atoms with Crippen molar-refractivity contribution >= 4 is 28.4 Å². The van der Waals surface area contributed by atoms with Crippen molar-refractivity contribution in [2.24, 2.45) is 0 Å². The van der Waals surface area contributed by atoms with E-state index < -0.39 is 5.60 Å². The Bertz CT molecular complexity index is 1600. The molecule has 0 bridgehead atoms. The number of anilines is 3. The van der Waals surface area contributed by atoms with Gasteiger partial charge in [0.15, 0.2) is 11.5 Å². The van der Waals surface area contributed by atoms with E-state index in [0.29, 0.717) is 40.0 Å². The average molecular weight is 547 g/mol. The molecule has 11 heteroatoms. The van der Waals surface area contributed by atoms with Gasteiger partial charge in [0.2, 0.25) is 5.95 Å². The van der Waals surface area contributed by atoms with E-state index in [-0.39, 0.29) is 23.9 Å². The number of hydrogen-bond acceptors (Lipinski definition) is 8. The summed E-state index contributed by atoms with van der Waals surface area (Å²) in [5.41, 5.74) is 0.356. The number of piperidine rings is 1. The minimum absolute atomic E-state index is 0.203. The molecule has 1 aliphatic rings. The van der Waals surface area contributed by atoms with Gasteiger partial charge in [-0.05, 0) is 71.1 Å². The SMILES string of the molecule is C=CCn1c(=O)c2cnc(Nc3ccc(N4CCC(N(C)C)CC4)c(F)c3)nc2n1-c1cccc(C(C)(C)O)n1. The maximum atomic E-state index is 15.2. The molecule has 3 aromatic heterocycles. The molecule has 4 aromatic rings. The van der Waals surface area contributed by atoms with Gasteiger partial charge in [-0.15, -0.1) is 6.58 Å². The van der Waals surface area contributed by atoms with Crippen molar-refractivity contribution in [3.05, 3.63) is 77.1 Å². The number of rotatable bonds is 8. The van der Waals surface area contributed by atoms with Crippen LogP contribution in [0.4, 0.5) is 21.7 Å². The quantitative estimate of drug-likeness (QED) is 0.322. The Balaban J connectivity index is 1.47. The lowest BCUT2D eigenvalue weighted by molar-refractivity contribution is 0.0738. The summed E-state index contributed by atoms with van der Waals surface area (Å²) in [6.07, 6.45) is 5.03. The zero-order chi connectivity index (χ0) is 28.6. The summed E-state index contributed by atoms with van der Waals surface area (Å²) in [5.74, 6) is 0.289. The first kappa shape index (κ1) is 27.5. The minimum atomic E-state index is -1.18. The van der Waals surface area contributed by atoms with Gasteiger partial charge in [0, 0.05) is 31.0 Å². The van der Waals surface area contributed by atoms with Gasteiger partial charge < -0.3 is 20.2 Å². The monoisotopic (exact) mass is 546 g/mol. The van der Waals surface area contributed by atoms with Crippen LogP contribution in [0.25, 0.3) is 16.9 Å². The van der Waals surface area contributed by atoms with E-state index in [0.717, 1.165) is 25.9 Å². The molecule has 10 nitrogen and oxygen atoms in total. The van der Waals surface area contributed by atoms with Crippen LogP contribution in [0.15, 0.2) is 60.0 Å². The maximum Gasteiger partial charge on any atom is 0.278 e. The number of pyridine rings is 1. The number of aromatic nitrogens is 5. The maximum absolute atomic E-state index is 15.2. The highest BCUT2D eigenvalue weighted by Crippen LogP contribution is 2.28. The smallest absolute Gasteiger partial charge is 0.278 e. The van der Waals surface area contributed by atoms with Crippen LogP contribution in [0.1, 0.15) is 32.4 Å². The van der Waals surface area contributed by atoms with Crippen LogP contribution in [-0.4, -0.2) is 67.5 Å². The molecule has 0 radical (unpaired) electrons. The van der Waals surface area contributed by atoms with Gasteiger partial charge in [-0.1, -0.05) is 12.1 Å². The number of halogens is 1. The normalized spacial score (nSPS) is 14.7. The lowest BCUT2D eigenvalue weighted by atomic mass is 10.0. The first-order valence-electron chi connectivity index (χ1n) is 13.3. The van der Waals surface area contributed by atoms with Crippen LogP contribution in [0, 0.1) is 5.82 Å². The molecule has 1 saturated heterocycles.